The van der Waals surface area contributed by atoms with E-state index in [1.807, 2.05) is 0 Å². The summed E-state index contributed by atoms with van der Waals surface area (Å²) >= 11 is 0. The largest absolute Gasteiger partial charge is 0.0654 e. The zero-order chi connectivity index (χ0) is 13.1. The first-order chi connectivity index (χ1) is 8.88. The lowest BCUT2D eigenvalue weighted by molar-refractivity contribution is 0.218. The second kappa shape index (κ2) is 10.9. The van der Waals surface area contributed by atoms with Gasteiger partial charge >= 0.3 is 0 Å². The second-order valence-corrected chi connectivity index (χ2v) is 6.50. The van der Waals surface area contributed by atoms with Crippen molar-refractivity contribution in [2.45, 2.75) is 104 Å². The van der Waals surface area contributed by atoms with Gasteiger partial charge < -0.3 is 0 Å². The minimum atomic E-state index is 1.07. The third-order valence-electron chi connectivity index (χ3n) is 4.90. The van der Waals surface area contributed by atoms with Crippen LogP contribution in [0.15, 0.2) is 0 Å². The maximum Gasteiger partial charge on any atom is -0.0386 e. The first-order valence-corrected chi connectivity index (χ1v) is 8.88. The second-order valence-electron chi connectivity index (χ2n) is 6.50. The summed E-state index contributed by atoms with van der Waals surface area (Å²) < 4.78 is 0. The van der Waals surface area contributed by atoms with E-state index in [-0.39, 0.29) is 0 Å². The quantitative estimate of drug-likeness (QED) is 0.378. The molecule has 0 radical (unpaired) electrons. The summed E-state index contributed by atoms with van der Waals surface area (Å²) in [5.74, 6) is 2.16. The van der Waals surface area contributed by atoms with Gasteiger partial charge in [-0.15, -0.1) is 0 Å². The Morgan fingerprint density at radius 2 is 1.39 bits per heavy atom. The number of hydrogen-bond donors (Lipinski definition) is 0. The summed E-state index contributed by atoms with van der Waals surface area (Å²) in [7, 11) is 0. The molecule has 0 nitrogen and oxygen atoms in total. The standard InChI is InChI=1S/C18H36/c1-3-5-6-7-8-10-14-17(13-4-2)18-15-11-9-12-16-18/h17-18H,3-16H2,1-2H3. The molecule has 0 aromatic rings. The fourth-order valence-corrected chi connectivity index (χ4v) is 3.78. The van der Waals surface area contributed by atoms with Crippen LogP contribution in [-0.2, 0) is 0 Å². The van der Waals surface area contributed by atoms with E-state index in [2.05, 4.69) is 13.8 Å². The summed E-state index contributed by atoms with van der Waals surface area (Å²) in [4.78, 5) is 0. The summed E-state index contributed by atoms with van der Waals surface area (Å²) in [5.41, 5.74) is 0. The SMILES string of the molecule is CCCCCCCCC(CCC)C1CCCCC1. The van der Waals surface area contributed by atoms with Gasteiger partial charge in [0.05, 0.1) is 0 Å². The Kier molecular flexibility index (Phi) is 9.70. The number of unbranched alkanes of at least 4 members (excludes halogenated alkanes) is 5. The van der Waals surface area contributed by atoms with Gasteiger partial charge in [0, 0.05) is 0 Å². The zero-order valence-electron chi connectivity index (χ0n) is 13.1. The molecule has 0 bridgehead atoms. The van der Waals surface area contributed by atoms with Crippen molar-refractivity contribution in [1.29, 1.82) is 0 Å². The Morgan fingerprint density at radius 1 is 0.722 bits per heavy atom. The van der Waals surface area contributed by atoms with Crippen molar-refractivity contribution in [3.63, 3.8) is 0 Å². The molecule has 1 rings (SSSR count). The molecular weight excluding hydrogens is 216 g/mol. The Morgan fingerprint density at radius 3 is 2.06 bits per heavy atom. The van der Waals surface area contributed by atoms with Gasteiger partial charge in [0.1, 0.15) is 0 Å². The van der Waals surface area contributed by atoms with E-state index >= 15 is 0 Å². The highest BCUT2D eigenvalue weighted by molar-refractivity contribution is 4.74. The summed E-state index contributed by atoms with van der Waals surface area (Å²) in [5, 5.41) is 0. The third-order valence-corrected chi connectivity index (χ3v) is 4.90. The van der Waals surface area contributed by atoms with Gasteiger partial charge in [-0.3, -0.25) is 0 Å². The van der Waals surface area contributed by atoms with E-state index in [0.29, 0.717) is 0 Å². The lowest BCUT2D eigenvalue weighted by atomic mass is 9.76. The number of rotatable bonds is 10. The molecule has 1 fully saturated rings. The van der Waals surface area contributed by atoms with Crippen LogP contribution in [0.1, 0.15) is 104 Å². The fraction of sp³-hybridized carbons (Fsp3) is 1.00. The highest BCUT2D eigenvalue weighted by Crippen LogP contribution is 2.35. The zero-order valence-corrected chi connectivity index (χ0v) is 13.1. The lowest BCUT2D eigenvalue weighted by Gasteiger charge is -2.30. The first kappa shape index (κ1) is 16.1. The maximum atomic E-state index is 2.37. The van der Waals surface area contributed by atoms with Crippen molar-refractivity contribution in [3.8, 4) is 0 Å². The molecule has 108 valence electrons. The fourth-order valence-electron chi connectivity index (χ4n) is 3.78. The third kappa shape index (κ3) is 6.81. The van der Waals surface area contributed by atoms with Crippen LogP contribution < -0.4 is 0 Å². The van der Waals surface area contributed by atoms with Gasteiger partial charge in [-0.2, -0.15) is 0 Å². The van der Waals surface area contributed by atoms with Crippen LogP contribution in [0, 0.1) is 11.8 Å². The van der Waals surface area contributed by atoms with Crippen molar-refractivity contribution >= 4 is 0 Å². The van der Waals surface area contributed by atoms with Crippen LogP contribution >= 0.6 is 0 Å². The molecule has 0 amide bonds. The molecule has 0 saturated heterocycles. The van der Waals surface area contributed by atoms with Gasteiger partial charge in [-0.1, -0.05) is 104 Å². The molecule has 0 aromatic heterocycles. The van der Waals surface area contributed by atoms with Crippen molar-refractivity contribution in [2.75, 3.05) is 0 Å². The lowest BCUT2D eigenvalue weighted by Crippen LogP contribution is -2.18. The van der Waals surface area contributed by atoms with Gasteiger partial charge in [0.15, 0.2) is 0 Å². The van der Waals surface area contributed by atoms with E-state index in [0.717, 1.165) is 11.8 Å². The van der Waals surface area contributed by atoms with Gasteiger partial charge in [0.2, 0.25) is 0 Å². The topological polar surface area (TPSA) is 0 Å². The van der Waals surface area contributed by atoms with Crippen LogP contribution in [0.5, 0.6) is 0 Å². The van der Waals surface area contributed by atoms with Crippen LogP contribution in [-0.4, -0.2) is 0 Å². The number of hydrogen-bond acceptors (Lipinski definition) is 0. The average Bonchev–Trinajstić information content (AvgIpc) is 2.42. The van der Waals surface area contributed by atoms with Crippen molar-refractivity contribution < 1.29 is 0 Å². The first-order valence-electron chi connectivity index (χ1n) is 8.88. The van der Waals surface area contributed by atoms with E-state index in [9.17, 15) is 0 Å². The highest BCUT2D eigenvalue weighted by Gasteiger charge is 2.22. The van der Waals surface area contributed by atoms with Crippen LogP contribution in [0.3, 0.4) is 0 Å². The molecule has 18 heavy (non-hydrogen) atoms. The molecule has 0 heteroatoms. The normalized spacial score (nSPS) is 19.0. The van der Waals surface area contributed by atoms with E-state index in [1.165, 1.54) is 77.0 Å². The molecule has 0 N–H and O–H groups in total. The molecule has 0 heterocycles. The minimum Gasteiger partial charge on any atom is -0.0654 e. The molecule has 1 unspecified atom stereocenters. The van der Waals surface area contributed by atoms with E-state index < -0.39 is 0 Å². The van der Waals surface area contributed by atoms with Crippen molar-refractivity contribution in [2.24, 2.45) is 11.8 Å². The molecule has 0 aromatic carbocycles. The van der Waals surface area contributed by atoms with Gasteiger partial charge in [-0.25, -0.2) is 0 Å². The van der Waals surface area contributed by atoms with Crippen molar-refractivity contribution in [1.82, 2.24) is 0 Å². The van der Waals surface area contributed by atoms with Crippen LogP contribution in [0.2, 0.25) is 0 Å². The van der Waals surface area contributed by atoms with E-state index in [4.69, 9.17) is 0 Å². The summed E-state index contributed by atoms with van der Waals surface area (Å²) in [6.07, 6.45) is 20.8. The monoisotopic (exact) mass is 252 g/mol. The Balaban J connectivity index is 2.12. The predicted octanol–water partition coefficient (Wildman–Crippen LogP) is 6.73. The minimum absolute atomic E-state index is 1.07. The molecule has 0 spiro atoms. The van der Waals surface area contributed by atoms with Crippen LogP contribution in [0.25, 0.3) is 0 Å². The van der Waals surface area contributed by atoms with Gasteiger partial charge in [0.25, 0.3) is 0 Å². The molecule has 1 aliphatic rings. The Hall–Kier alpha value is 0. The van der Waals surface area contributed by atoms with Crippen LogP contribution in [0.4, 0.5) is 0 Å². The Labute approximate surface area is 116 Å². The van der Waals surface area contributed by atoms with E-state index in [1.54, 1.807) is 12.8 Å². The summed E-state index contributed by atoms with van der Waals surface area (Å²) in [6.45, 7) is 4.68. The molecule has 1 aliphatic carbocycles. The average molecular weight is 252 g/mol. The van der Waals surface area contributed by atoms with Crippen molar-refractivity contribution in [3.05, 3.63) is 0 Å². The summed E-state index contributed by atoms with van der Waals surface area (Å²) in [6, 6.07) is 0. The predicted molar refractivity (Wildman–Crippen MR) is 83.0 cm³/mol. The molecule has 1 saturated carbocycles. The molecule has 0 aliphatic heterocycles. The Bertz CT molecular complexity index is 167. The molecule has 1 atom stereocenters. The highest BCUT2D eigenvalue weighted by atomic mass is 14.3. The smallest absolute Gasteiger partial charge is 0.0386 e. The van der Waals surface area contributed by atoms with Gasteiger partial charge in [-0.05, 0) is 11.8 Å². The maximum absolute atomic E-state index is 2.37. The molecular formula is C18H36.